The minimum atomic E-state index is 0.557. The molecule has 2 N–H and O–H groups in total. The van der Waals surface area contributed by atoms with E-state index in [4.69, 9.17) is 5.73 Å². The molecule has 78 valence electrons. The lowest BCUT2D eigenvalue weighted by molar-refractivity contribution is 0.500. The van der Waals surface area contributed by atoms with Crippen LogP contribution in [0.25, 0.3) is 0 Å². The number of nitrogens with zero attached hydrogens (tertiary/aromatic N) is 4. The first-order valence-corrected chi connectivity index (χ1v) is 5.38. The maximum absolute atomic E-state index is 5.42. The molecule has 1 fully saturated rings. The quantitative estimate of drug-likeness (QED) is 0.767. The number of aryl methyl sites for hydroxylation is 1. The van der Waals surface area contributed by atoms with Gasteiger partial charge in [-0.1, -0.05) is 12.8 Å². The summed E-state index contributed by atoms with van der Waals surface area (Å²) in [6.45, 7) is 1.47. The number of nitrogens with two attached hydrogens (primary N) is 1. The zero-order chi connectivity index (χ0) is 9.80. The lowest BCUT2D eigenvalue weighted by Crippen LogP contribution is -2.08. The molecule has 0 amide bonds. The molecule has 1 aliphatic carbocycles. The van der Waals surface area contributed by atoms with Gasteiger partial charge in [-0.05, 0) is 31.0 Å². The molecule has 0 radical (unpaired) electrons. The maximum atomic E-state index is 5.42. The summed E-state index contributed by atoms with van der Waals surface area (Å²) in [5.74, 6) is 1.49. The third-order valence-corrected chi connectivity index (χ3v) is 2.75. The van der Waals surface area contributed by atoms with E-state index in [2.05, 4.69) is 15.4 Å². The van der Waals surface area contributed by atoms with Gasteiger partial charge in [-0.25, -0.2) is 0 Å². The van der Waals surface area contributed by atoms with Crippen LogP contribution in [-0.2, 0) is 6.54 Å². The molecule has 0 spiro atoms. The zero-order valence-electron chi connectivity index (χ0n) is 8.39. The van der Waals surface area contributed by atoms with Crippen molar-refractivity contribution < 1.29 is 0 Å². The molecule has 5 heteroatoms. The fraction of sp³-hybridized carbons (Fsp3) is 0.889. The summed E-state index contributed by atoms with van der Waals surface area (Å²) in [4.78, 5) is 1.67. The summed E-state index contributed by atoms with van der Waals surface area (Å²) >= 11 is 0. The Hall–Kier alpha value is -0.970. The second-order valence-electron chi connectivity index (χ2n) is 3.87. The molecular weight excluding hydrogens is 178 g/mol. The molecule has 5 nitrogen and oxygen atoms in total. The van der Waals surface area contributed by atoms with Gasteiger partial charge in [-0.15, -0.1) is 10.2 Å². The molecule has 1 aromatic rings. The van der Waals surface area contributed by atoms with Gasteiger partial charge in [0.2, 0.25) is 0 Å². The number of hydrogen-bond acceptors (Lipinski definition) is 4. The number of rotatable bonds is 4. The van der Waals surface area contributed by atoms with Crippen LogP contribution in [0.4, 0.5) is 0 Å². The molecule has 1 heterocycles. The van der Waals surface area contributed by atoms with Crippen molar-refractivity contribution in [2.45, 2.75) is 44.6 Å². The summed E-state index contributed by atoms with van der Waals surface area (Å²) < 4.78 is 0. The Morgan fingerprint density at radius 3 is 2.86 bits per heavy atom. The van der Waals surface area contributed by atoms with E-state index in [1.165, 1.54) is 25.7 Å². The predicted molar refractivity (Wildman–Crippen MR) is 52.7 cm³/mol. The van der Waals surface area contributed by atoms with Gasteiger partial charge in [0.05, 0.1) is 6.54 Å². The van der Waals surface area contributed by atoms with Crippen molar-refractivity contribution in [1.29, 1.82) is 0 Å². The summed E-state index contributed by atoms with van der Waals surface area (Å²) in [6.07, 6.45) is 5.98. The highest BCUT2D eigenvalue weighted by Gasteiger charge is 2.21. The minimum Gasteiger partial charge on any atom is -0.330 e. The fourth-order valence-corrected chi connectivity index (χ4v) is 1.93. The fourth-order valence-electron chi connectivity index (χ4n) is 1.93. The van der Waals surface area contributed by atoms with E-state index in [0.29, 0.717) is 12.5 Å². The van der Waals surface area contributed by atoms with Gasteiger partial charge in [-0.2, -0.15) is 4.80 Å². The van der Waals surface area contributed by atoms with Crippen LogP contribution in [0.5, 0.6) is 0 Å². The normalized spacial score (nSPS) is 17.8. The van der Waals surface area contributed by atoms with Crippen molar-refractivity contribution in [3.8, 4) is 0 Å². The largest absolute Gasteiger partial charge is 0.330 e. The Bertz CT molecular complexity index is 276. The van der Waals surface area contributed by atoms with E-state index in [-0.39, 0.29) is 0 Å². The van der Waals surface area contributed by atoms with E-state index in [0.717, 1.165) is 18.8 Å². The Morgan fingerprint density at radius 2 is 2.14 bits per heavy atom. The topological polar surface area (TPSA) is 69.6 Å². The Balaban J connectivity index is 1.94. The number of aromatic nitrogens is 4. The van der Waals surface area contributed by atoms with Crippen LogP contribution in [0.3, 0.4) is 0 Å². The summed E-state index contributed by atoms with van der Waals surface area (Å²) in [6, 6.07) is 0. The molecule has 0 atom stereocenters. The van der Waals surface area contributed by atoms with E-state index < -0.39 is 0 Å². The average Bonchev–Trinajstić information content (AvgIpc) is 2.85. The molecule has 0 aliphatic heterocycles. The van der Waals surface area contributed by atoms with Crippen molar-refractivity contribution in [2.75, 3.05) is 6.54 Å². The van der Waals surface area contributed by atoms with E-state index >= 15 is 0 Å². The van der Waals surface area contributed by atoms with Crippen molar-refractivity contribution in [3.63, 3.8) is 0 Å². The summed E-state index contributed by atoms with van der Waals surface area (Å²) in [7, 11) is 0. The van der Waals surface area contributed by atoms with Crippen LogP contribution in [0.2, 0.25) is 0 Å². The molecule has 0 unspecified atom stereocenters. The van der Waals surface area contributed by atoms with Crippen LogP contribution in [-0.4, -0.2) is 26.8 Å². The smallest absolute Gasteiger partial charge is 0.177 e. The molecule has 14 heavy (non-hydrogen) atoms. The molecule has 0 saturated heterocycles. The first kappa shape index (κ1) is 9.58. The minimum absolute atomic E-state index is 0.557. The highest BCUT2D eigenvalue weighted by Crippen LogP contribution is 2.31. The highest BCUT2D eigenvalue weighted by atomic mass is 15.6. The lowest BCUT2D eigenvalue weighted by atomic mass is 10.1. The van der Waals surface area contributed by atoms with Gasteiger partial charge < -0.3 is 5.73 Å². The average molecular weight is 195 g/mol. The first-order chi connectivity index (χ1) is 6.90. The third kappa shape index (κ3) is 2.09. The SMILES string of the molecule is NCCCn1nnc(C2CCCC2)n1. The second-order valence-corrected chi connectivity index (χ2v) is 3.87. The van der Waals surface area contributed by atoms with Gasteiger partial charge in [0.15, 0.2) is 5.82 Å². The van der Waals surface area contributed by atoms with E-state index in [1.807, 2.05) is 0 Å². The Labute approximate surface area is 83.7 Å². The number of hydrogen-bond donors (Lipinski definition) is 1. The molecule has 0 aromatic carbocycles. The van der Waals surface area contributed by atoms with Crippen LogP contribution in [0.1, 0.15) is 43.8 Å². The third-order valence-electron chi connectivity index (χ3n) is 2.75. The Morgan fingerprint density at radius 1 is 1.36 bits per heavy atom. The van der Waals surface area contributed by atoms with Gasteiger partial charge >= 0.3 is 0 Å². The Kier molecular flexibility index (Phi) is 3.08. The number of tetrazole rings is 1. The van der Waals surface area contributed by atoms with Crippen molar-refractivity contribution in [3.05, 3.63) is 5.82 Å². The van der Waals surface area contributed by atoms with Crippen molar-refractivity contribution in [2.24, 2.45) is 5.73 Å². The van der Waals surface area contributed by atoms with Gasteiger partial charge in [0.25, 0.3) is 0 Å². The van der Waals surface area contributed by atoms with E-state index in [9.17, 15) is 0 Å². The van der Waals surface area contributed by atoms with Gasteiger partial charge in [0, 0.05) is 5.92 Å². The maximum Gasteiger partial charge on any atom is 0.177 e. The molecule has 1 saturated carbocycles. The van der Waals surface area contributed by atoms with Crippen LogP contribution < -0.4 is 5.73 Å². The summed E-state index contributed by atoms with van der Waals surface area (Å²) in [5, 5.41) is 12.5. The predicted octanol–water partition coefficient (Wildman–Crippen LogP) is 0.679. The standard InChI is InChI=1S/C9H17N5/c10-6-3-7-14-12-9(11-13-14)8-4-1-2-5-8/h8H,1-7,10H2. The van der Waals surface area contributed by atoms with Crippen LogP contribution in [0.15, 0.2) is 0 Å². The zero-order valence-corrected chi connectivity index (χ0v) is 8.39. The molecule has 1 aliphatic rings. The van der Waals surface area contributed by atoms with Crippen molar-refractivity contribution in [1.82, 2.24) is 20.2 Å². The second kappa shape index (κ2) is 4.50. The van der Waals surface area contributed by atoms with Gasteiger partial charge in [0.1, 0.15) is 0 Å². The van der Waals surface area contributed by atoms with Gasteiger partial charge in [-0.3, -0.25) is 0 Å². The first-order valence-electron chi connectivity index (χ1n) is 5.38. The van der Waals surface area contributed by atoms with E-state index in [1.54, 1.807) is 4.80 Å². The van der Waals surface area contributed by atoms with Crippen LogP contribution in [0, 0.1) is 0 Å². The molecular formula is C9H17N5. The summed E-state index contributed by atoms with van der Waals surface area (Å²) in [5.41, 5.74) is 5.42. The highest BCUT2D eigenvalue weighted by molar-refractivity contribution is 4.93. The monoisotopic (exact) mass is 195 g/mol. The van der Waals surface area contributed by atoms with Crippen molar-refractivity contribution >= 4 is 0 Å². The van der Waals surface area contributed by atoms with Crippen LogP contribution >= 0.6 is 0 Å². The lowest BCUT2D eigenvalue weighted by Gasteiger charge is -2.00. The molecule has 1 aromatic heterocycles. The molecule has 0 bridgehead atoms. The molecule has 2 rings (SSSR count).